The summed E-state index contributed by atoms with van der Waals surface area (Å²) < 4.78 is 5.71. The molecular weight excluding hydrogens is 296 g/mol. The highest BCUT2D eigenvalue weighted by atomic mass is 35.5. The monoisotopic (exact) mass is 318 g/mol. The van der Waals surface area contributed by atoms with Crippen molar-refractivity contribution in [1.82, 2.24) is 4.90 Å². The lowest BCUT2D eigenvalue weighted by atomic mass is 10.0. The van der Waals surface area contributed by atoms with Gasteiger partial charge in [0.2, 0.25) is 0 Å². The molecule has 0 saturated heterocycles. The molecule has 0 aliphatic carbocycles. The predicted octanol–water partition coefficient (Wildman–Crippen LogP) is 3.45. The van der Waals surface area contributed by atoms with Crippen LogP contribution in [-0.4, -0.2) is 38.7 Å². The first-order valence-corrected chi connectivity index (χ1v) is 7.84. The summed E-state index contributed by atoms with van der Waals surface area (Å²) >= 11 is 6.32. The zero-order valence-corrected chi connectivity index (χ0v) is 13.9. The summed E-state index contributed by atoms with van der Waals surface area (Å²) in [6.07, 6.45) is 0.857. The number of nitrogens with two attached hydrogens (primary N) is 1. The minimum atomic E-state index is 0.639. The number of halogens is 1. The zero-order chi connectivity index (χ0) is 15.9. The van der Waals surface area contributed by atoms with Crippen LogP contribution < -0.4 is 10.5 Å². The Kier molecular flexibility index (Phi) is 6.25. The van der Waals surface area contributed by atoms with Gasteiger partial charge >= 0.3 is 0 Å². The fourth-order valence-corrected chi connectivity index (χ4v) is 2.42. The first kappa shape index (κ1) is 16.8. The van der Waals surface area contributed by atoms with Gasteiger partial charge in [-0.05, 0) is 62.5 Å². The summed E-state index contributed by atoms with van der Waals surface area (Å²) in [7, 11) is 4.06. The molecule has 0 spiro atoms. The van der Waals surface area contributed by atoms with Crippen molar-refractivity contribution in [3.8, 4) is 16.9 Å². The number of ether oxygens (including phenoxy) is 1. The third-order valence-electron chi connectivity index (χ3n) is 3.44. The minimum absolute atomic E-state index is 0.639. The van der Waals surface area contributed by atoms with E-state index in [2.05, 4.69) is 11.0 Å². The molecule has 0 fully saturated rings. The fourth-order valence-electron chi connectivity index (χ4n) is 2.19. The van der Waals surface area contributed by atoms with Gasteiger partial charge < -0.3 is 15.4 Å². The molecule has 0 radical (unpaired) electrons. The Hall–Kier alpha value is -1.55. The first-order chi connectivity index (χ1) is 10.6. The lowest BCUT2D eigenvalue weighted by Gasteiger charge is -2.12. The summed E-state index contributed by atoms with van der Waals surface area (Å²) in [6, 6.07) is 14.1. The molecule has 0 heterocycles. The number of nitrogens with zero attached hydrogens (tertiary/aromatic N) is 1. The molecule has 0 bridgehead atoms. The fraction of sp³-hybridized carbons (Fsp3) is 0.333. The maximum absolute atomic E-state index is 6.32. The molecule has 2 aromatic rings. The van der Waals surface area contributed by atoms with Crippen LogP contribution in [-0.2, 0) is 6.42 Å². The maximum atomic E-state index is 6.32. The molecule has 3 nitrogen and oxygen atoms in total. The molecule has 0 saturated carbocycles. The Balaban J connectivity index is 2.11. The highest BCUT2D eigenvalue weighted by Crippen LogP contribution is 2.30. The van der Waals surface area contributed by atoms with E-state index in [-0.39, 0.29) is 0 Å². The average molecular weight is 319 g/mol. The Morgan fingerprint density at radius 3 is 2.45 bits per heavy atom. The molecule has 0 aliphatic rings. The molecule has 2 N–H and O–H groups in total. The van der Waals surface area contributed by atoms with E-state index in [0.717, 1.165) is 34.9 Å². The Bertz CT molecular complexity index is 597. The van der Waals surface area contributed by atoms with E-state index in [1.807, 2.05) is 50.5 Å². The lowest BCUT2D eigenvalue weighted by molar-refractivity contribution is 0.261. The van der Waals surface area contributed by atoms with Crippen molar-refractivity contribution < 1.29 is 4.74 Å². The van der Waals surface area contributed by atoms with Crippen molar-refractivity contribution in [3.63, 3.8) is 0 Å². The van der Waals surface area contributed by atoms with Gasteiger partial charge in [0.1, 0.15) is 12.4 Å². The van der Waals surface area contributed by atoms with E-state index < -0.39 is 0 Å². The summed E-state index contributed by atoms with van der Waals surface area (Å²) in [5, 5.41) is 0.752. The van der Waals surface area contributed by atoms with E-state index in [1.165, 1.54) is 5.56 Å². The quantitative estimate of drug-likeness (QED) is 0.850. The largest absolute Gasteiger partial charge is 0.492 e. The van der Waals surface area contributed by atoms with Crippen LogP contribution in [0.15, 0.2) is 42.5 Å². The maximum Gasteiger partial charge on any atom is 0.119 e. The Labute approximate surface area is 137 Å². The van der Waals surface area contributed by atoms with Crippen LogP contribution in [0.1, 0.15) is 5.56 Å². The van der Waals surface area contributed by atoms with Crippen LogP contribution >= 0.6 is 11.6 Å². The van der Waals surface area contributed by atoms with Crippen molar-refractivity contribution in [2.75, 3.05) is 33.8 Å². The Morgan fingerprint density at radius 1 is 1.09 bits per heavy atom. The van der Waals surface area contributed by atoms with Gasteiger partial charge in [-0.25, -0.2) is 0 Å². The topological polar surface area (TPSA) is 38.5 Å². The third kappa shape index (κ3) is 4.73. The zero-order valence-electron chi connectivity index (χ0n) is 13.2. The molecule has 0 aromatic heterocycles. The lowest BCUT2D eigenvalue weighted by Crippen LogP contribution is -2.19. The van der Waals surface area contributed by atoms with Gasteiger partial charge in [0.15, 0.2) is 0 Å². The molecule has 22 heavy (non-hydrogen) atoms. The first-order valence-electron chi connectivity index (χ1n) is 7.46. The van der Waals surface area contributed by atoms with E-state index in [0.29, 0.717) is 13.2 Å². The Morgan fingerprint density at radius 2 is 1.82 bits per heavy atom. The van der Waals surface area contributed by atoms with Crippen molar-refractivity contribution in [1.29, 1.82) is 0 Å². The molecule has 4 heteroatoms. The van der Waals surface area contributed by atoms with E-state index in [1.54, 1.807) is 0 Å². The van der Waals surface area contributed by atoms with E-state index in [9.17, 15) is 0 Å². The van der Waals surface area contributed by atoms with Gasteiger partial charge in [0.05, 0.1) is 0 Å². The summed E-state index contributed by atoms with van der Waals surface area (Å²) in [6.45, 7) is 2.22. The number of hydrogen-bond acceptors (Lipinski definition) is 3. The number of rotatable bonds is 7. The molecule has 0 aliphatic heterocycles. The van der Waals surface area contributed by atoms with Gasteiger partial charge in [0, 0.05) is 17.1 Å². The van der Waals surface area contributed by atoms with Gasteiger partial charge in [-0.2, -0.15) is 0 Å². The van der Waals surface area contributed by atoms with Crippen molar-refractivity contribution in [2.45, 2.75) is 6.42 Å². The second kappa shape index (κ2) is 8.18. The smallest absolute Gasteiger partial charge is 0.119 e. The van der Waals surface area contributed by atoms with Crippen LogP contribution in [0.25, 0.3) is 11.1 Å². The number of likely N-dealkylation sites (N-methyl/N-ethyl adjacent to an activating group) is 1. The highest BCUT2D eigenvalue weighted by molar-refractivity contribution is 6.33. The van der Waals surface area contributed by atoms with Crippen LogP contribution in [0, 0.1) is 0 Å². The highest BCUT2D eigenvalue weighted by Gasteiger charge is 2.05. The van der Waals surface area contributed by atoms with Crippen LogP contribution in [0.3, 0.4) is 0 Å². The number of benzene rings is 2. The van der Waals surface area contributed by atoms with Crippen LogP contribution in [0.4, 0.5) is 0 Å². The summed E-state index contributed by atoms with van der Waals surface area (Å²) in [5.41, 5.74) is 8.95. The van der Waals surface area contributed by atoms with Gasteiger partial charge in [-0.3, -0.25) is 0 Å². The summed E-state index contributed by atoms with van der Waals surface area (Å²) in [4.78, 5) is 2.09. The van der Waals surface area contributed by atoms with Gasteiger partial charge in [-0.1, -0.05) is 29.8 Å². The molecule has 0 unspecified atom stereocenters. The normalized spacial score (nSPS) is 11.0. The molecule has 0 amide bonds. The van der Waals surface area contributed by atoms with E-state index in [4.69, 9.17) is 22.1 Å². The molecule has 118 valence electrons. The molecule has 2 rings (SSSR count). The van der Waals surface area contributed by atoms with Crippen LogP contribution in [0.5, 0.6) is 5.75 Å². The number of hydrogen-bond donors (Lipinski definition) is 1. The second-order valence-electron chi connectivity index (χ2n) is 5.53. The van der Waals surface area contributed by atoms with Gasteiger partial charge in [0.25, 0.3) is 0 Å². The van der Waals surface area contributed by atoms with Crippen molar-refractivity contribution in [2.24, 2.45) is 5.73 Å². The standard InChI is InChI=1S/C18H23ClN2O/c1-21(2)11-12-22-16-6-4-15(5-7-16)17-13-14(9-10-20)3-8-18(17)19/h3-8,13H,9-12,20H2,1-2H3. The predicted molar refractivity (Wildman–Crippen MR) is 93.7 cm³/mol. The van der Waals surface area contributed by atoms with Crippen LogP contribution in [0.2, 0.25) is 5.02 Å². The SMILES string of the molecule is CN(C)CCOc1ccc(-c2cc(CCN)ccc2Cl)cc1. The second-order valence-corrected chi connectivity index (χ2v) is 5.94. The molecular formula is C18H23ClN2O. The minimum Gasteiger partial charge on any atom is -0.492 e. The molecule has 0 atom stereocenters. The molecule has 2 aromatic carbocycles. The third-order valence-corrected chi connectivity index (χ3v) is 3.77. The summed E-state index contributed by atoms with van der Waals surface area (Å²) in [5.74, 6) is 0.875. The van der Waals surface area contributed by atoms with Crippen molar-refractivity contribution in [3.05, 3.63) is 53.1 Å². The van der Waals surface area contributed by atoms with E-state index >= 15 is 0 Å². The average Bonchev–Trinajstić information content (AvgIpc) is 2.50. The van der Waals surface area contributed by atoms with Crippen molar-refractivity contribution >= 4 is 11.6 Å². The van der Waals surface area contributed by atoms with Gasteiger partial charge in [-0.15, -0.1) is 0 Å².